The van der Waals surface area contributed by atoms with Crippen molar-refractivity contribution >= 4 is 40.4 Å². The maximum Gasteiger partial charge on any atom is 0.332 e. The first kappa shape index (κ1) is 24.2. The number of para-hydroxylation sites is 2. The van der Waals surface area contributed by atoms with Gasteiger partial charge in [-0.3, -0.25) is 19.3 Å². The molecule has 3 heterocycles. The first-order valence-electron chi connectivity index (χ1n) is 12.4. The number of carbonyl (C=O) groups excluding carboxylic acids is 3. The number of aliphatic carboxylic acids is 1. The summed E-state index contributed by atoms with van der Waals surface area (Å²) in [5.41, 5.74) is 3.64. The van der Waals surface area contributed by atoms with Crippen molar-refractivity contribution in [3.8, 4) is 5.75 Å². The normalized spacial score (nSPS) is 18.2. The highest BCUT2D eigenvalue weighted by molar-refractivity contribution is 6.24. The zero-order valence-electron chi connectivity index (χ0n) is 20.9. The number of rotatable bonds is 6. The van der Waals surface area contributed by atoms with E-state index in [4.69, 9.17) is 9.84 Å². The monoisotopic (exact) mass is 524 g/mol. The van der Waals surface area contributed by atoms with Crippen molar-refractivity contribution in [3.63, 3.8) is 0 Å². The zero-order chi connectivity index (χ0) is 27.3. The van der Waals surface area contributed by atoms with Gasteiger partial charge in [0, 0.05) is 23.0 Å². The van der Waals surface area contributed by atoms with E-state index in [2.05, 4.69) is 10.3 Å². The number of fused-ring (bicyclic) bond motifs is 4. The highest BCUT2D eigenvalue weighted by Crippen LogP contribution is 2.45. The van der Waals surface area contributed by atoms with Crippen LogP contribution in [0.3, 0.4) is 0 Å². The average Bonchev–Trinajstić information content (AvgIpc) is 3.44. The third-order valence-electron chi connectivity index (χ3n) is 7.27. The van der Waals surface area contributed by atoms with Crippen molar-refractivity contribution in [1.29, 1.82) is 0 Å². The van der Waals surface area contributed by atoms with E-state index in [0.29, 0.717) is 12.2 Å². The van der Waals surface area contributed by atoms with Crippen LogP contribution in [-0.2, 0) is 16.0 Å². The van der Waals surface area contributed by atoms with E-state index in [0.717, 1.165) is 32.6 Å². The van der Waals surface area contributed by atoms with Crippen LogP contribution in [0.4, 0.5) is 10.5 Å². The Balaban J connectivity index is 1.47. The minimum atomic E-state index is -1.21. The maximum atomic E-state index is 14.1. The number of benzene rings is 3. The Hall–Kier alpha value is -5.12. The zero-order valence-corrected chi connectivity index (χ0v) is 20.9. The molecule has 4 amide bonds. The number of nitrogens with one attached hydrogen (secondary N) is 2. The van der Waals surface area contributed by atoms with E-state index in [-0.39, 0.29) is 11.3 Å². The van der Waals surface area contributed by atoms with Crippen LogP contribution in [0.1, 0.15) is 33.2 Å². The van der Waals surface area contributed by atoms with E-state index in [9.17, 15) is 19.2 Å². The molecule has 2 aliphatic heterocycles. The molecule has 0 saturated carbocycles. The van der Waals surface area contributed by atoms with E-state index in [1.807, 2.05) is 48.5 Å². The first-order valence-corrected chi connectivity index (χ1v) is 12.4. The fourth-order valence-electron chi connectivity index (χ4n) is 5.54. The fourth-order valence-corrected chi connectivity index (χ4v) is 5.54. The second-order valence-corrected chi connectivity index (χ2v) is 9.42. The molecule has 10 nitrogen and oxygen atoms in total. The summed E-state index contributed by atoms with van der Waals surface area (Å²) in [6.07, 6.45) is 0.306. The summed E-state index contributed by atoms with van der Waals surface area (Å²) >= 11 is 0. The highest BCUT2D eigenvalue weighted by Gasteiger charge is 2.53. The number of ether oxygens (including phenoxy) is 1. The number of hydrogen-bond acceptors (Lipinski definition) is 5. The van der Waals surface area contributed by atoms with Crippen LogP contribution in [0.2, 0.25) is 0 Å². The number of carbonyl (C=O) groups is 4. The first-order chi connectivity index (χ1) is 18.9. The molecule has 196 valence electrons. The van der Waals surface area contributed by atoms with Gasteiger partial charge in [-0.15, -0.1) is 0 Å². The minimum absolute atomic E-state index is 0.0327. The average molecular weight is 525 g/mol. The Morgan fingerprint density at radius 1 is 1.03 bits per heavy atom. The minimum Gasteiger partial charge on any atom is -0.497 e. The molecule has 3 N–H and O–H groups in total. The number of aromatic nitrogens is 1. The van der Waals surface area contributed by atoms with Crippen LogP contribution in [0.5, 0.6) is 5.75 Å². The lowest BCUT2D eigenvalue weighted by atomic mass is 9.89. The second kappa shape index (κ2) is 9.32. The summed E-state index contributed by atoms with van der Waals surface area (Å²) in [5.74, 6) is -1.69. The Morgan fingerprint density at radius 2 is 1.74 bits per heavy atom. The van der Waals surface area contributed by atoms with Crippen LogP contribution < -0.4 is 15.0 Å². The van der Waals surface area contributed by atoms with E-state index in [1.165, 1.54) is 12.1 Å². The van der Waals surface area contributed by atoms with Crippen molar-refractivity contribution < 1.29 is 29.0 Å². The number of anilines is 1. The van der Waals surface area contributed by atoms with Crippen LogP contribution in [0, 0.1) is 0 Å². The van der Waals surface area contributed by atoms with Gasteiger partial charge in [-0.2, -0.15) is 0 Å². The van der Waals surface area contributed by atoms with Crippen molar-refractivity contribution in [3.05, 3.63) is 95.2 Å². The fraction of sp³-hybridized carbons (Fsp3) is 0.172. The van der Waals surface area contributed by atoms with Crippen molar-refractivity contribution in [2.45, 2.75) is 18.5 Å². The number of nitrogens with zero attached hydrogens (tertiary/aromatic N) is 2. The topological polar surface area (TPSA) is 132 Å². The smallest absolute Gasteiger partial charge is 0.332 e. The third-order valence-corrected chi connectivity index (χ3v) is 7.27. The van der Waals surface area contributed by atoms with Gasteiger partial charge in [0.25, 0.3) is 11.8 Å². The Labute approximate surface area is 222 Å². The van der Waals surface area contributed by atoms with Crippen LogP contribution in [0.25, 0.3) is 10.9 Å². The summed E-state index contributed by atoms with van der Waals surface area (Å²) in [6, 6.07) is 19.4. The number of urea groups is 1. The molecule has 2 atom stereocenters. The number of hydrogen-bond donors (Lipinski definition) is 3. The molecular formula is C29H24N4O6. The lowest BCUT2D eigenvalue weighted by Crippen LogP contribution is -2.44. The summed E-state index contributed by atoms with van der Waals surface area (Å²) in [7, 11) is 1.58. The summed E-state index contributed by atoms with van der Waals surface area (Å²) in [4.78, 5) is 57.9. The number of carboxylic acid groups (broad SMARTS) is 1. The number of imide groups is 1. The van der Waals surface area contributed by atoms with E-state index in [1.54, 1.807) is 24.1 Å². The summed E-state index contributed by atoms with van der Waals surface area (Å²) in [6.45, 7) is -0.592. The standard InChI is InChI=1S/C29H24N4O6/c1-39-17-12-10-16(11-13-17)26-25-20(18-6-2-4-8-21(18)31-25)14-23-28(37)33(29(38)32(23)26)22-9-5-3-7-19(22)27(36)30-15-24(34)35/h2-13,23,26,31H,14-15H2,1H3,(H,30,36)(H,34,35)/t23-,26-/m0/s1. The number of methoxy groups -OCH3 is 1. The number of amides is 4. The molecule has 1 aromatic heterocycles. The van der Waals surface area contributed by atoms with Gasteiger partial charge in [-0.05, 0) is 41.5 Å². The largest absolute Gasteiger partial charge is 0.497 e. The second-order valence-electron chi connectivity index (χ2n) is 9.42. The Morgan fingerprint density at radius 3 is 2.49 bits per heavy atom. The molecule has 10 heteroatoms. The lowest BCUT2D eigenvalue weighted by Gasteiger charge is -2.36. The number of H-pyrrole nitrogens is 1. The SMILES string of the molecule is COc1ccc([C@H]2c3[nH]c4ccccc4c3C[C@H]3C(=O)N(c4ccccc4C(=O)NCC(=O)O)C(=O)N23)cc1. The molecule has 1 saturated heterocycles. The summed E-state index contributed by atoms with van der Waals surface area (Å²) < 4.78 is 5.32. The predicted molar refractivity (Wildman–Crippen MR) is 142 cm³/mol. The molecule has 39 heavy (non-hydrogen) atoms. The number of carboxylic acids is 1. The van der Waals surface area contributed by atoms with Gasteiger partial charge in [0.15, 0.2) is 0 Å². The highest BCUT2D eigenvalue weighted by atomic mass is 16.5. The third kappa shape index (κ3) is 3.88. The van der Waals surface area contributed by atoms with Gasteiger partial charge < -0.3 is 20.1 Å². The van der Waals surface area contributed by atoms with Crippen LogP contribution in [-0.4, -0.2) is 58.5 Å². The van der Waals surface area contributed by atoms with Crippen molar-refractivity contribution in [2.75, 3.05) is 18.6 Å². The van der Waals surface area contributed by atoms with Crippen molar-refractivity contribution in [2.24, 2.45) is 0 Å². The Bertz CT molecular complexity index is 1640. The van der Waals surface area contributed by atoms with Gasteiger partial charge in [-0.1, -0.05) is 42.5 Å². The predicted octanol–water partition coefficient (Wildman–Crippen LogP) is 3.47. The van der Waals surface area contributed by atoms with Gasteiger partial charge in [0.1, 0.15) is 24.4 Å². The maximum absolute atomic E-state index is 14.1. The molecular weight excluding hydrogens is 500 g/mol. The molecule has 0 radical (unpaired) electrons. The van der Waals surface area contributed by atoms with Gasteiger partial charge >= 0.3 is 12.0 Å². The van der Waals surface area contributed by atoms with Crippen molar-refractivity contribution in [1.82, 2.24) is 15.2 Å². The molecule has 3 aromatic carbocycles. The van der Waals surface area contributed by atoms with E-state index >= 15 is 0 Å². The van der Waals surface area contributed by atoms with Gasteiger partial charge in [0.05, 0.1) is 18.4 Å². The van der Waals surface area contributed by atoms with Gasteiger partial charge in [-0.25, -0.2) is 9.69 Å². The Kier molecular flexibility index (Phi) is 5.79. The molecule has 0 spiro atoms. The van der Waals surface area contributed by atoms with Crippen LogP contribution >= 0.6 is 0 Å². The molecule has 1 fully saturated rings. The number of aromatic amines is 1. The lowest BCUT2D eigenvalue weighted by molar-refractivity contribution is -0.135. The molecule has 0 unspecified atom stereocenters. The quantitative estimate of drug-likeness (QED) is 0.331. The molecule has 0 bridgehead atoms. The molecule has 0 aliphatic carbocycles. The van der Waals surface area contributed by atoms with E-state index < -0.39 is 42.4 Å². The van der Waals surface area contributed by atoms with Gasteiger partial charge in [0.2, 0.25) is 0 Å². The molecule has 6 rings (SSSR count). The summed E-state index contributed by atoms with van der Waals surface area (Å²) in [5, 5.41) is 12.3. The molecule has 4 aromatic rings. The van der Waals surface area contributed by atoms with Crippen LogP contribution in [0.15, 0.2) is 72.8 Å². The molecule has 2 aliphatic rings.